The van der Waals surface area contributed by atoms with Gasteiger partial charge in [-0.25, -0.2) is 4.98 Å². The van der Waals surface area contributed by atoms with Crippen molar-refractivity contribution in [2.24, 2.45) is 0 Å². The first kappa shape index (κ1) is 29.3. The van der Waals surface area contributed by atoms with Gasteiger partial charge < -0.3 is 15.0 Å². The normalized spacial score (nSPS) is 15.6. The van der Waals surface area contributed by atoms with Crippen molar-refractivity contribution in [3.05, 3.63) is 82.6 Å². The van der Waals surface area contributed by atoms with Crippen LogP contribution in [0.5, 0.6) is 0 Å². The monoisotopic (exact) mass is 586 g/mol. The summed E-state index contributed by atoms with van der Waals surface area (Å²) >= 11 is 1.28. The Hall–Kier alpha value is -4.18. The molecule has 1 fully saturated rings. The Morgan fingerprint density at radius 3 is 2.45 bits per heavy atom. The predicted molar refractivity (Wildman–Crippen MR) is 163 cm³/mol. The Kier molecular flexibility index (Phi) is 9.22. The van der Waals surface area contributed by atoms with E-state index in [2.05, 4.69) is 5.32 Å². The molecular weight excluding hydrogens is 552 g/mol. The number of nitrogens with zero attached hydrogens (tertiary/aromatic N) is 3. The number of amides is 2. The zero-order chi connectivity index (χ0) is 29.6. The highest BCUT2D eigenvalue weighted by molar-refractivity contribution is 8.00. The average molecular weight is 587 g/mol. The molecule has 42 heavy (non-hydrogen) atoms. The molecule has 9 nitrogen and oxygen atoms in total. The smallest absolute Gasteiger partial charge is 0.306 e. The van der Waals surface area contributed by atoms with Crippen molar-refractivity contribution in [2.75, 3.05) is 19.7 Å². The quantitative estimate of drug-likeness (QED) is 0.126. The predicted octanol–water partition coefficient (Wildman–Crippen LogP) is 4.46. The number of carbonyl (C=O) groups is 3. The van der Waals surface area contributed by atoms with Crippen LogP contribution in [0.4, 0.5) is 0 Å². The topological polar surface area (TPSA) is 111 Å². The lowest BCUT2D eigenvalue weighted by Gasteiger charge is -2.24. The average Bonchev–Trinajstić information content (AvgIpc) is 3.47. The molecule has 3 aromatic carbocycles. The highest BCUT2D eigenvalue weighted by Crippen LogP contribution is 2.37. The van der Waals surface area contributed by atoms with E-state index in [-0.39, 0.29) is 42.9 Å². The molecule has 1 aliphatic rings. The summed E-state index contributed by atoms with van der Waals surface area (Å²) in [5, 5.41) is 5.30. The van der Waals surface area contributed by atoms with Gasteiger partial charge in [0.2, 0.25) is 11.8 Å². The van der Waals surface area contributed by atoms with Gasteiger partial charge in [-0.15, -0.1) is 0 Å². The van der Waals surface area contributed by atoms with E-state index in [4.69, 9.17) is 9.72 Å². The molecule has 0 spiro atoms. The van der Waals surface area contributed by atoms with Crippen molar-refractivity contribution in [1.29, 1.82) is 0 Å². The Labute approximate surface area is 248 Å². The van der Waals surface area contributed by atoms with Crippen LogP contribution < -0.4 is 10.9 Å². The van der Waals surface area contributed by atoms with E-state index in [0.29, 0.717) is 42.1 Å². The van der Waals surface area contributed by atoms with Crippen LogP contribution in [0.1, 0.15) is 43.9 Å². The SMILES string of the molecule is CCOC(=O)CCC(=O)N[C@H]1CCN(C(=O)C(Sc2nc3cc4ccccc4cc3c(=O)n2CC)c2ccccc2)C1. The number of nitrogens with one attached hydrogen (secondary N) is 1. The summed E-state index contributed by atoms with van der Waals surface area (Å²) in [7, 11) is 0. The Morgan fingerprint density at radius 2 is 1.74 bits per heavy atom. The minimum atomic E-state index is -0.632. The van der Waals surface area contributed by atoms with Crippen molar-refractivity contribution in [3.8, 4) is 0 Å². The highest BCUT2D eigenvalue weighted by atomic mass is 32.2. The number of fused-ring (bicyclic) bond motifs is 2. The van der Waals surface area contributed by atoms with Gasteiger partial charge in [0.25, 0.3) is 5.56 Å². The van der Waals surface area contributed by atoms with E-state index in [9.17, 15) is 19.2 Å². The first-order chi connectivity index (χ1) is 20.4. The molecule has 10 heteroatoms. The highest BCUT2D eigenvalue weighted by Gasteiger charge is 2.34. The molecule has 2 heterocycles. The molecule has 1 aliphatic heterocycles. The lowest BCUT2D eigenvalue weighted by molar-refractivity contribution is -0.144. The summed E-state index contributed by atoms with van der Waals surface area (Å²) in [5.74, 6) is -0.749. The maximum Gasteiger partial charge on any atom is 0.306 e. The van der Waals surface area contributed by atoms with E-state index in [1.165, 1.54) is 11.8 Å². The van der Waals surface area contributed by atoms with Crippen molar-refractivity contribution in [3.63, 3.8) is 0 Å². The lowest BCUT2D eigenvalue weighted by Crippen LogP contribution is -2.39. The van der Waals surface area contributed by atoms with Crippen LogP contribution in [0.15, 0.2) is 76.7 Å². The first-order valence-electron chi connectivity index (χ1n) is 14.3. The van der Waals surface area contributed by atoms with Crippen LogP contribution in [0, 0.1) is 0 Å². The summed E-state index contributed by atoms with van der Waals surface area (Å²) in [6.45, 7) is 5.17. The Bertz CT molecular complexity index is 1670. The minimum absolute atomic E-state index is 0.0233. The van der Waals surface area contributed by atoms with Crippen LogP contribution in [0.2, 0.25) is 0 Å². The van der Waals surface area contributed by atoms with Crippen molar-refractivity contribution in [1.82, 2.24) is 19.8 Å². The molecule has 0 saturated carbocycles. The molecule has 2 atom stereocenters. The summed E-state index contributed by atoms with van der Waals surface area (Å²) < 4.78 is 6.52. The van der Waals surface area contributed by atoms with Crippen molar-refractivity contribution < 1.29 is 19.1 Å². The van der Waals surface area contributed by atoms with Gasteiger partial charge >= 0.3 is 5.97 Å². The summed E-state index contributed by atoms with van der Waals surface area (Å²) in [6.07, 6.45) is 0.683. The van der Waals surface area contributed by atoms with Gasteiger partial charge in [-0.1, -0.05) is 66.4 Å². The first-order valence-corrected chi connectivity index (χ1v) is 15.1. The maximum atomic E-state index is 14.0. The fourth-order valence-electron chi connectivity index (χ4n) is 5.24. The Morgan fingerprint density at radius 1 is 1.02 bits per heavy atom. The molecule has 0 bridgehead atoms. The number of likely N-dealkylation sites (tertiary alicyclic amines) is 1. The molecule has 1 aromatic heterocycles. The largest absolute Gasteiger partial charge is 0.466 e. The summed E-state index contributed by atoms with van der Waals surface area (Å²) in [4.78, 5) is 58.2. The molecule has 4 aromatic rings. The number of esters is 1. The number of hydrogen-bond donors (Lipinski definition) is 1. The molecule has 0 radical (unpaired) electrons. The van der Waals surface area contributed by atoms with Crippen LogP contribution in [0.3, 0.4) is 0 Å². The van der Waals surface area contributed by atoms with Gasteiger partial charge in [0.1, 0.15) is 5.25 Å². The number of rotatable bonds is 10. The number of carbonyl (C=O) groups excluding carboxylic acids is 3. The fraction of sp³-hybridized carbons (Fsp3) is 0.344. The fourth-order valence-corrected chi connectivity index (χ4v) is 6.49. The van der Waals surface area contributed by atoms with Crippen LogP contribution in [0.25, 0.3) is 21.7 Å². The molecule has 1 unspecified atom stereocenters. The van der Waals surface area contributed by atoms with E-state index >= 15 is 0 Å². The van der Waals surface area contributed by atoms with E-state index in [1.54, 1.807) is 16.4 Å². The standard InChI is InChI=1S/C32H34N4O5S/c1-3-36-30(39)25-18-22-12-8-9-13-23(22)19-26(25)34-32(36)42-29(21-10-6-5-7-11-21)31(40)35-17-16-24(20-35)33-27(37)14-15-28(38)41-4-2/h5-13,18-19,24,29H,3-4,14-17,20H2,1-2H3,(H,33,37)/t24-,29?/m0/s1. The number of aromatic nitrogens is 2. The Balaban J connectivity index is 1.38. The zero-order valence-electron chi connectivity index (χ0n) is 23.7. The van der Waals surface area contributed by atoms with E-state index in [1.807, 2.05) is 73.7 Å². The van der Waals surface area contributed by atoms with Crippen LogP contribution >= 0.6 is 11.8 Å². The van der Waals surface area contributed by atoms with E-state index < -0.39 is 11.2 Å². The molecule has 218 valence electrons. The molecule has 2 amide bonds. The van der Waals surface area contributed by atoms with Crippen molar-refractivity contribution >= 4 is 51.2 Å². The third-order valence-corrected chi connectivity index (χ3v) is 8.61. The van der Waals surface area contributed by atoms with Gasteiger partial charge in [-0.3, -0.25) is 23.7 Å². The molecule has 5 rings (SSSR count). The second-order valence-corrected chi connectivity index (χ2v) is 11.3. The second kappa shape index (κ2) is 13.2. The minimum Gasteiger partial charge on any atom is -0.466 e. The summed E-state index contributed by atoms with van der Waals surface area (Å²) in [5.41, 5.74) is 1.27. The van der Waals surface area contributed by atoms with E-state index in [0.717, 1.165) is 16.3 Å². The second-order valence-electron chi connectivity index (χ2n) is 10.2. The van der Waals surface area contributed by atoms with Gasteiger partial charge in [0, 0.05) is 32.1 Å². The number of hydrogen-bond acceptors (Lipinski definition) is 7. The van der Waals surface area contributed by atoms with Gasteiger partial charge in [0.05, 0.1) is 23.9 Å². The molecule has 1 saturated heterocycles. The van der Waals surface area contributed by atoms with Gasteiger partial charge in [-0.05, 0) is 48.7 Å². The molecule has 1 N–H and O–H groups in total. The number of benzene rings is 3. The summed E-state index contributed by atoms with van der Waals surface area (Å²) in [6, 6.07) is 20.9. The molecule has 0 aliphatic carbocycles. The van der Waals surface area contributed by atoms with Gasteiger partial charge in [0.15, 0.2) is 5.16 Å². The molecular formula is C32H34N4O5S. The third-order valence-electron chi connectivity index (χ3n) is 7.38. The van der Waals surface area contributed by atoms with Crippen molar-refractivity contribution in [2.45, 2.75) is 56.1 Å². The third kappa shape index (κ3) is 6.49. The number of thioether (sulfide) groups is 1. The van der Waals surface area contributed by atoms with Crippen LogP contribution in [-0.4, -0.2) is 58.0 Å². The van der Waals surface area contributed by atoms with Gasteiger partial charge in [-0.2, -0.15) is 0 Å². The van der Waals surface area contributed by atoms with Crippen LogP contribution in [-0.2, 0) is 25.7 Å². The zero-order valence-corrected chi connectivity index (χ0v) is 24.6. The maximum absolute atomic E-state index is 14.0. The lowest BCUT2D eigenvalue weighted by atomic mass is 10.1. The number of ether oxygens (including phenoxy) is 1.